The Labute approximate surface area is 110 Å². The van der Waals surface area contributed by atoms with Gasteiger partial charge in [0.15, 0.2) is 11.5 Å². The molecule has 0 saturated heterocycles. The predicted octanol–water partition coefficient (Wildman–Crippen LogP) is 0.778. The molecule has 0 bridgehead atoms. The van der Waals surface area contributed by atoms with Crippen LogP contribution in [0.2, 0.25) is 0 Å². The van der Waals surface area contributed by atoms with E-state index in [0.717, 1.165) is 0 Å². The third-order valence-electron chi connectivity index (χ3n) is 2.38. The number of halogens is 1. The van der Waals surface area contributed by atoms with Crippen molar-refractivity contribution in [3.05, 3.63) is 30.2 Å². The van der Waals surface area contributed by atoms with Crippen molar-refractivity contribution in [3.8, 4) is 0 Å². The zero-order chi connectivity index (χ0) is 13.0. The van der Waals surface area contributed by atoms with Gasteiger partial charge in [-0.3, -0.25) is 4.40 Å². The van der Waals surface area contributed by atoms with Gasteiger partial charge < -0.3 is 0 Å². The molecule has 1 N–H and O–H groups in total. The Balaban J connectivity index is 2.06. The second-order valence-corrected chi connectivity index (χ2v) is 6.03. The number of fused-ring (bicyclic) bond motifs is 1. The van der Waals surface area contributed by atoms with Gasteiger partial charge in [-0.25, -0.2) is 13.1 Å². The van der Waals surface area contributed by atoms with Crippen molar-refractivity contribution in [1.82, 2.24) is 19.3 Å². The van der Waals surface area contributed by atoms with Gasteiger partial charge in [-0.15, -0.1) is 21.8 Å². The van der Waals surface area contributed by atoms with Gasteiger partial charge in [0.1, 0.15) is 0 Å². The molecule has 0 aliphatic rings. The molecule has 98 valence electrons. The van der Waals surface area contributed by atoms with Gasteiger partial charge in [-0.2, -0.15) is 0 Å². The van der Waals surface area contributed by atoms with E-state index in [1.54, 1.807) is 16.7 Å². The molecule has 0 aromatic carbocycles. The van der Waals surface area contributed by atoms with Crippen molar-refractivity contribution in [2.45, 2.75) is 13.0 Å². The summed E-state index contributed by atoms with van der Waals surface area (Å²) < 4.78 is 27.4. The molecule has 2 aromatic heterocycles. The number of rotatable bonds is 6. The topological polar surface area (TPSA) is 76.4 Å². The number of sulfonamides is 1. The zero-order valence-corrected chi connectivity index (χ0v) is 11.2. The van der Waals surface area contributed by atoms with Crippen LogP contribution in [-0.4, -0.2) is 34.6 Å². The lowest BCUT2D eigenvalue weighted by Crippen LogP contribution is -2.27. The highest BCUT2D eigenvalue weighted by molar-refractivity contribution is 7.89. The Morgan fingerprint density at radius 2 is 2.17 bits per heavy atom. The first-order valence-electron chi connectivity index (χ1n) is 5.44. The fraction of sp³-hybridized carbons (Fsp3) is 0.400. The van der Waals surface area contributed by atoms with Gasteiger partial charge in [0.2, 0.25) is 10.0 Å². The van der Waals surface area contributed by atoms with Crippen LogP contribution in [0.5, 0.6) is 0 Å². The third kappa shape index (κ3) is 3.18. The lowest BCUT2D eigenvalue weighted by molar-refractivity contribution is 0.577. The Morgan fingerprint density at radius 1 is 1.33 bits per heavy atom. The summed E-state index contributed by atoms with van der Waals surface area (Å²) in [6.07, 6.45) is 2.22. The van der Waals surface area contributed by atoms with Crippen LogP contribution in [0.4, 0.5) is 0 Å². The van der Waals surface area contributed by atoms with Crippen LogP contribution in [0.15, 0.2) is 24.4 Å². The molecule has 2 heterocycles. The molecule has 0 unspecified atom stereocenters. The highest BCUT2D eigenvalue weighted by Crippen LogP contribution is 2.03. The average molecular weight is 289 g/mol. The fourth-order valence-corrected chi connectivity index (χ4v) is 2.81. The van der Waals surface area contributed by atoms with E-state index < -0.39 is 10.0 Å². The second-order valence-electron chi connectivity index (χ2n) is 3.73. The summed E-state index contributed by atoms with van der Waals surface area (Å²) in [6, 6.07) is 5.48. The van der Waals surface area contributed by atoms with Gasteiger partial charge in [0, 0.05) is 12.1 Å². The van der Waals surface area contributed by atoms with Gasteiger partial charge in [0.05, 0.1) is 12.3 Å². The van der Waals surface area contributed by atoms with E-state index in [4.69, 9.17) is 11.6 Å². The maximum absolute atomic E-state index is 11.6. The molecule has 0 aliphatic carbocycles. The minimum atomic E-state index is -3.30. The summed E-state index contributed by atoms with van der Waals surface area (Å²) in [6.45, 7) is 0.121. The first-order valence-corrected chi connectivity index (χ1v) is 7.63. The molecule has 2 aromatic rings. The van der Waals surface area contributed by atoms with Gasteiger partial charge >= 0.3 is 0 Å². The van der Waals surface area contributed by atoms with Gasteiger partial charge in [-0.1, -0.05) is 6.07 Å². The van der Waals surface area contributed by atoms with E-state index in [1.165, 1.54) is 0 Å². The van der Waals surface area contributed by atoms with Crippen molar-refractivity contribution in [1.29, 1.82) is 0 Å². The Morgan fingerprint density at radius 3 is 2.94 bits per heavy atom. The quantitative estimate of drug-likeness (QED) is 0.797. The molecule has 0 amide bonds. The summed E-state index contributed by atoms with van der Waals surface area (Å²) >= 11 is 5.47. The van der Waals surface area contributed by atoms with Crippen molar-refractivity contribution in [2.75, 3.05) is 11.6 Å². The van der Waals surface area contributed by atoms with E-state index in [1.807, 2.05) is 12.1 Å². The van der Waals surface area contributed by atoms with Crippen LogP contribution in [0.1, 0.15) is 12.2 Å². The lowest BCUT2D eigenvalue weighted by Gasteiger charge is -2.04. The molecule has 0 radical (unpaired) electrons. The van der Waals surface area contributed by atoms with E-state index in [-0.39, 0.29) is 12.3 Å². The van der Waals surface area contributed by atoms with Crippen LogP contribution < -0.4 is 4.72 Å². The monoisotopic (exact) mass is 288 g/mol. The number of nitrogens with zero attached hydrogens (tertiary/aromatic N) is 3. The first-order chi connectivity index (χ1) is 8.62. The van der Waals surface area contributed by atoms with Crippen LogP contribution in [0.25, 0.3) is 5.65 Å². The standard InChI is InChI=1S/C10H13ClN4O2S/c11-5-3-7-18(16,17)12-8-10-14-13-9-4-1-2-6-15(9)10/h1-2,4,6,12H,3,5,7-8H2. The van der Waals surface area contributed by atoms with Crippen LogP contribution in [-0.2, 0) is 16.6 Å². The summed E-state index contributed by atoms with van der Waals surface area (Å²) in [4.78, 5) is 0. The minimum absolute atomic E-state index is 0.0211. The Bertz CT molecular complexity index is 626. The maximum atomic E-state index is 11.6. The van der Waals surface area contributed by atoms with Crippen molar-refractivity contribution in [2.24, 2.45) is 0 Å². The molecule has 2 rings (SSSR count). The molecule has 0 saturated carbocycles. The predicted molar refractivity (Wildman–Crippen MR) is 69.0 cm³/mol. The second kappa shape index (κ2) is 5.64. The van der Waals surface area contributed by atoms with E-state index >= 15 is 0 Å². The van der Waals surface area contributed by atoms with Gasteiger partial charge in [-0.05, 0) is 18.6 Å². The number of hydrogen-bond donors (Lipinski definition) is 1. The maximum Gasteiger partial charge on any atom is 0.212 e. The Kier molecular flexibility index (Phi) is 4.15. The molecule has 0 spiro atoms. The summed E-state index contributed by atoms with van der Waals surface area (Å²) in [5.74, 6) is 0.905. The number of aromatic nitrogens is 3. The molecule has 8 heteroatoms. The molecular formula is C10H13ClN4O2S. The first kappa shape index (κ1) is 13.3. The molecule has 0 atom stereocenters. The Hall–Kier alpha value is -1.18. The molecular weight excluding hydrogens is 276 g/mol. The summed E-state index contributed by atoms with van der Waals surface area (Å²) in [5.41, 5.74) is 0.687. The normalized spacial score (nSPS) is 12.1. The van der Waals surface area contributed by atoms with Crippen molar-refractivity contribution < 1.29 is 8.42 Å². The molecule has 6 nitrogen and oxygen atoms in total. The fourth-order valence-electron chi connectivity index (χ4n) is 1.50. The number of nitrogens with one attached hydrogen (secondary N) is 1. The van der Waals surface area contributed by atoms with E-state index in [0.29, 0.717) is 23.8 Å². The van der Waals surface area contributed by atoms with Gasteiger partial charge in [0.25, 0.3) is 0 Å². The van der Waals surface area contributed by atoms with Crippen LogP contribution >= 0.6 is 11.6 Å². The number of hydrogen-bond acceptors (Lipinski definition) is 4. The highest BCUT2D eigenvalue weighted by atomic mass is 35.5. The SMILES string of the molecule is O=S(=O)(CCCCl)NCc1nnc2ccccn12. The molecule has 0 aliphatic heterocycles. The van der Waals surface area contributed by atoms with E-state index in [2.05, 4.69) is 14.9 Å². The molecule has 18 heavy (non-hydrogen) atoms. The summed E-state index contributed by atoms with van der Waals surface area (Å²) in [7, 11) is -3.30. The lowest BCUT2D eigenvalue weighted by atomic mass is 10.5. The van der Waals surface area contributed by atoms with Crippen LogP contribution in [0.3, 0.4) is 0 Å². The molecule has 0 fully saturated rings. The zero-order valence-electron chi connectivity index (χ0n) is 9.58. The smallest absolute Gasteiger partial charge is 0.212 e. The number of alkyl halides is 1. The third-order valence-corrected chi connectivity index (χ3v) is 4.06. The van der Waals surface area contributed by atoms with E-state index in [9.17, 15) is 8.42 Å². The largest absolute Gasteiger partial charge is 0.285 e. The van der Waals surface area contributed by atoms with Crippen molar-refractivity contribution in [3.63, 3.8) is 0 Å². The number of pyridine rings is 1. The highest BCUT2D eigenvalue weighted by Gasteiger charge is 2.11. The average Bonchev–Trinajstić information content (AvgIpc) is 2.78. The van der Waals surface area contributed by atoms with Crippen LogP contribution in [0, 0.1) is 0 Å². The van der Waals surface area contributed by atoms with Crippen molar-refractivity contribution >= 4 is 27.3 Å². The summed E-state index contributed by atoms with van der Waals surface area (Å²) in [5, 5.41) is 7.88. The minimum Gasteiger partial charge on any atom is -0.285 e.